The molecule has 0 atom stereocenters. The zero-order valence-corrected chi connectivity index (χ0v) is 11.3. The van der Waals surface area contributed by atoms with E-state index in [9.17, 15) is 18.4 Å². The first-order chi connectivity index (χ1) is 9.93. The van der Waals surface area contributed by atoms with Gasteiger partial charge in [0.15, 0.2) is 11.6 Å². The van der Waals surface area contributed by atoms with Gasteiger partial charge in [0.1, 0.15) is 5.56 Å². The first-order valence-corrected chi connectivity index (χ1v) is 5.96. The van der Waals surface area contributed by atoms with Crippen LogP contribution >= 0.6 is 0 Å². The molecule has 21 heavy (non-hydrogen) atoms. The number of ether oxygens (including phenoxy) is 2. The summed E-state index contributed by atoms with van der Waals surface area (Å²) >= 11 is 0. The van der Waals surface area contributed by atoms with Crippen molar-refractivity contribution in [3.8, 4) is 5.75 Å². The predicted molar refractivity (Wildman–Crippen MR) is 71.4 cm³/mol. The van der Waals surface area contributed by atoms with Crippen LogP contribution in [0.1, 0.15) is 17.3 Å². The number of halogens is 2. The average Bonchev–Trinajstić information content (AvgIpc) is 2.45. The van der Waals surface area contributed by atoms with Crippen molar-refractivity contribution in [1.82, 2.24) is 4.98 Å². The highest BCUT2D eigenvalue weighted by Crippen LogP contribution is 2.32. The summed E-state index contributed by atoms with van der Waals surface area (Å²) in [7, 11) is 1.12. The Balaban J connectivity index is 2.88. The van der Waals surface area contributed by atoms with E-state index >= 15 is 0 Å². The standard InChI is InChI=1S/C13H12F2N2O4/c1-3-21-13(19)5-4-17-10-6(11(5)18)9(16)7(14)8(15)12(10)20-2/h4H,3,16H2,1-2H3,(H,17,18). The third-order valence-electron chi connectivity index (χ3n) is 2.91. The molecule has 0 aliphatic rings. The Morgan fingerprint density at radius 2 is 2.05 bits per heavy atom. The van der Waals surface area contributed by atoms with E-state index in [-0.39, 0.29) is 23.1 Å². The SMILES string of the molecule is CCOC(=O)c1c[nH]c2c(OC)c(F)c(F)c(N)c2c1=O. The number of benzene rings is 1. The molecule has 0 saturated heterocycles. The van der Waals surface area contributed by atoms with E-state index in [1.54, 1.807) is 6.92 Å². The lowest BCUT2D eigenvalue weighted by Crippen LogP contribution is -2.20. The summed E-state index contributed by atoms with van der Waals surface area (Å²) in [6.45, 7) is 1.63. The minimum absolute atomic E-state index is 0.0624. The Labute approximate surface area is 117 Å². The second-order valence-corrected chi connectivity index (χ2v) is 4.08. The maximum absolute atomic E-state index is 13.7. The van der Waals surface area contributed by atoms with Crippen LogP contribution in [0.2, 0.25) is 0 Å². The van der Waals surface area contributed by atoms with Crippen LogP contribution in [-0.4, -0.2) is 24.7 Å². The number of aromatic amines is 1. The minimum Gasteiger partial charge on any atom is -0.491 e. The van der Waals surface area contributed by atoms with Gasteiger partial charge in [-0.25, -0.2) is 9.18 Å². The molecule has 1 aromatic heterocycles. The minimum atomic E-state index is -1.41. The quantitative estimate of drug-likeness (QED) is 0.662. The molecular formula is C13H12F2N2O4. The Hall–Kier alpha value is -2.64. The van der Waals surface area contributed by atoms with Crippen molar-refractivity contribution in [3.05, 3.63) is 33.6 Å². The number of carbonyl (C=O) groups is 1. The first kappa shape index (κ1) is 14.8. The fraction of sp³-hybridized carbons (Fsp3) is 0.231. The van der Waals surface area contributed by atoms with E-state index in [1.165, 1.54) is 0 Å². The normalized spacial score (nSPS) is 10.7. The second kappa shape index (κ2) is 5.39. The summed E-state index contributed by atoms with van der Waals surface area (Å²) in [5.41, 5.74) is 3.39. The second-order valence-electron chi connectivity index (χ2n) is 4.08. The maximum atomic E-state index is 13.7. The highest BCUT2D eigenvalue weighted by Gasteiger charge is 2.24. The fourth-order valence-corrected chi connectivity index (χ4v) is 1.96. The van der Waals surface area contributed by atoms with Crippen molar-refractivity contribution in [2.75, 3.05) is 19.5 Å². The number of aromatic nitrogens is 1. The molecule has 0 bridgehead atoms. The lowest BCUT2D eigenvalue weighted by molar-refractivity contribution is 0.0524. The molecule has 6 nitrogen and oxygen atoms in total. The molecule has 2 aromatic rings. The van der Waals surface area contributed by atoms with Crippen LogP contribution in [0.5, 0.6) is 5.75 Å². The summed E-state index contributed by atoms with van der Waals surface area (Å²) in [5.74, 6) is -4.11. The molecule has 1 heterocycles. The number of hydrogen-bond acceptors (Lipinski definition) is 5. The first-order valence-electron chi connectivity index (χ1n) is 5.96. The molecule has 112 valence electrons. The van der Waals surface area contributed by atoms with Crippen molar-refractivity contribution < 1.29 is 23.0 Å². The number of methoxy groups -OCH3 is 1. The molecule has 2 rings (SSSR count). The van der Waals surface area contributed by atoms with E-state index < -0.39 is 34.5 Å². The summed E-state index contributed by atoms with van der Waals surface area (Å²) in [4.78, 5) is 26.4. The molecule has 0 spiro atoms. The van der Waals surface area contributed by atoms with Gasteiger partial charge in [0.05, 0.1) is 30.3 Å². The van der Waals surface area contributed by atoms with Crippen molar-refractivity contribution in [1.29, 1.82) is 0 Å². The number of nitrogens with one attached hydrogen (secondary N) is 1. The van der Waals surface area contributed by atoms with E-state index in [1.807, 2.05) is 0 Å². The molecule has 8 heteroatoms. The Morgan fingerprint density at radius 3 is 2.62 bits per heavy atom. The van der Waals surface area contributed by atoms with E-state index in [2.05, 4.69) is 4.98 Å². The van der Waals surface area contributed by atoms with Crippen molar-refractivity contribution in [2.45, 2.75) is 6.92 Å². The van der Waals surface area contributed by atoms with Gasteiger partial charge < -0.3 is 20.2 Å². The zero-order chi connectivity index (χ0) is 15.7. The zero-order valence-electron chi connectivity index (χ0n) is 11.3. The lowest BCUT2D eigenvalue weighted by atomic mass is 10.1. The van der Waals surface area contributed by atoms with Gasteiger partial charge in [-0.3, -0.25) is 4.79 Å². The topological polar surface area (TPSA) is 94.4 Å². The van der Waals surface area contributed by atoms with Gasteiger partial charge in [0, 0.05) is 6.20 Å². The van der Waals surface area contributed by atoms with Gasteiger partial charge in [-0.2, -0.15) is 4.39 Å². The molecular weight excluding hydrogens is 286 g/mol. The summed E-state index contributed by atoms with van der Waals surface area (Å²) in [5, 5.41) is -0.365. The number of carbonyl (C=O) groups excluding carboxylic acids is 1. The number of nitrogens with two attached hydrogens (primary N) is 1. The monoisotopic (exact) mass is 298 g/mol. The molecule has 3 N–H and O–H groups in total. The molecule has 0 fully saturated rings. The van der Waals surface area contributed by atoms with Crippen LogP contribution in [0.3, 0.4) is 0 Å². The number of esters is 1. The van der Waals surface area contributed by atoms with Crippen molar-refractivity contribution in [3.63, 3.8) is 0 Å². The molecule has 1 aromatic carbocycles. The van der Waals surface area contributed by atoms with Crippen molar-refractivity contribution >= 4 is 22.6 Å². The smallest absolute Gasteiger partial charge is 0.343 e. The largest absolute Gasteiger partial charge is 0.491 e. The fourth-order valence-electron chi connectivity index (χ4n) is 1.96. The lowest BCUT2D eigenvalue weighted by Gasteiger charge is -2.11. The van der Waals surface area contributed by atoms with Crippen LogP contribution in [0.25, 0.3) is 10.9 Å². The maximum Gasteiger partial charge on any atom is 0.343 e. The third kappa shape index (κ3) is 2.18. The Bertz CT molecular complexity index is 786. The van der Waals surface area contributed by atoms with E-state index in [0.717, 1.165) is 13.3 Å². The number of rotatable bonds is 3. The molecule has 0 aliphatic heterocycles. The molecule has 0 radical (unpaired) electrons. The van der Waals surface area contributed by atoms with Gasteiger partial charge in [0.25, 0.3) is 0 Å². The third-order valence-corrected chi connectivity index (χ3v) is 2.91. The Kier molecular flexibility index (Phi) is 3.79. The van der Waals surface area contributed by atoms with Gasteiger partial charge in [-0.1, -0.05) is 0 Å². The number of pyridine rings is 1. The number of hydrogen-bond donors (Lipinski definition) is 2. The number of fused-ring (bicyclic) bond motifs is 1. The van der Waals surface area contributed by atoms with Crippen LogP contribution in [-0.2, 0) is 4.74 Å². The van der Waals surface area contributed by atoms with Crippen LogP contribution in [0.4, 0.5) is 14.5 Å². The van der Waals surface area contributed by atoms with Crippen LogP contribution < -0.4 is 15.9 Å². The van der Waals surface area contributed by atoms with Crippen molar-refractivity contribution in [2.24, 2.45) is 0 Å². The van der Waals surface area contributed by atoms with Crippen LogP contribution in [0, 0.1) is 11.6 Å². The molecule has 0 amide bonds. The molecule has 0 aliphatic carbocycles. The van der Waals surface area contributed by atoms with Gasteiger partial charge in [-0.15, -0.1) is 0 Å². The summed E-state index contributed by atoms with van der Waals surface area (Å²) < 4.78 is 36.9. The molecule has 0 unspecified atom stereocenters. The van der Waals surface area contributed by atoms with Gasteiger partial charge >= 0.3 is 5.97 Å². The molecule has 0 saturated carbocycles. The average molecular weight is 298 g/mol. The van der Waals surface area contributed by atoms with Crippen LogP contribution in [0.15, 0.2) is 11.0 Å². The highest BCUT2D eigenvalue weighted by atomic mass is 19.2. The number of anilines is 1. The van der Waals surface area contributed by atoms with Gasteiger partial charge in [0.2, 0.25) is 11.2 Å². The summed E-state index contributed by atoms with van der Waals surface area (Å²) in [6, 6.07) is 0. The number of nitrogen functional groups attached to an aromatic ring is 1. The van der Waals surface area contributed by atoms with E-state index in [4.69, 9.17) is 15.2 Å². The van der Waals surface area contributed by atoms with E-state index in [0.29, 0.717) is 0 Å². The van der Waals surface area contributed by atoms with Gasteiger partial charge in [-0.05, 0) is 6.92 Å². The summed E-state index contributed by atoms with van der Waals surface area (Å²) in [6.07, 6.45) is 1.04. The predicted octanol–water partition coefficient (Wildman–Crippen LogP) is 1.57. The number of H-pyrrole nitrogens is 1. The highest BCUT2D eigenvalue weighted by molar-refractivity contribution is 5.99. The Morgan fingerprint density at radius 1 is 1.38 bits per heavy atom.